The molecule has 1 saturated heterocycles. The smallest absolute Gasteiger partial charge is 0.257 e. The van der Waals surface area contributed by atoms with E-state index >= 15 is 4.39 Å². The third kappa shape index (κ3) is 5.17. The van der Waals surface area contributed by atoms with Gasteiger partial charge in [-0.05, 0) is 55.9 Å². The Morgan fingerprint density at radius 3 is 2.79 bits per heavy atom. The highest BCUT2D eigenvalue weighted by molar-refractivity contribution is 6.09. The maximum Gasteiger partial charge on any atom is 0.257 e. The molecule has 202 valence electrons. The predicted octanol–water partition coefficient (Wildman–Crippen LogP) is 3.93. The molecule has 0 spiro atoms. The second-order valence-electron chi connectivity index (χ2n) is 10.2. The second kappa shape index (κ2) is 10.3. The molecule has 2 N–H and O–H groups in total. The van der Waals surface area contributed by atoms with Crippen LogP contribution in [0.1, 0.15) is 48.0 Å². The Morgan fingerprint density at radius 2 is 2.08 bits per heavy atom. The summed E-state index contributed by atoms with van der Waals surface area (Å²) in [5, 5.41) is 18.0. The van der Waals surface area contributed by atoms with Crippen LogP contribution in [-0.4, -0.2) is 38.1 Å². The number of rotatable bonds is 7. The molecule has 0 radical (unpaired) electrons. The Labute approximate surface area is 223 Å². The number of carbonyl (C=O) groups is 1. The molecular weight excluding hydrogens is 503 g/mol. The molecule has 1 aliphatic carbocycles. The van der Waals surface area contributed by atoms with Crippen molar-refractivity contribution in [1.82, 2.24) is 14.2 Å². The second-order valence-corrected chi connectivity index (χ2v) is 10.2. The predicted molar refractivity (Wildman–Crippen MR) is 143 cm³/mol. The minimum absolute atomic E-state index is 0.0286. The first-order valence-electron chi connectivity index (χ1n) is 13.1. The summed E-state index contributed by atoms with van der Waals surface area (Å²) in [6.07, 6.45) is 8.99. The first-order valence-corrected chi connectivity index (χ1v) is 13.1. The Morgan fingerprint density at radius 1 is 1.23 bits per heavy atom. The molecule has 0 bridgehead atoms. The number of halogens is 1. The average molecular weight is 533 g/mol. The highest BCUT2D eigenvalue weighted by atomic mass is 19.1. The lowest BCUT2D eigenvalue weighted by Gasteiger charge is -2.23. The van der Waals surface area contributed by atoms with Crippen LogP contribution in [-0.2, 0) is 23.1 Å². The van der Waals surface area contributed by atoms with Crippen molar-refractivity contribution in [3.63, 3.8) is 0 Å². The summed E-state index contributed by atoms with van der Waals surface area (Å²) in [7, 11) is 1.74. The normalized spacial score (nSPS) is 18.4. The van der Waals surface area contributed by atoms with Gasteiger partial charge in [-0.3, -0.25) is 14.3 Å². The molecule has 2 aliphatic rings. The minimum atomic E-state index is -0.616. The largest absolute Gasteiger partial charge is 0.510 e. The number of pyridine rings is 1. The van der Waals surface area contributed by atoms with Gasteiger partial charge in [-0.1, -0.05) is 0 Å². The lowest BCUT2D eigenvalue weighted by Crippen LogP contribution is -2.22. The van der Waals surface area contributed by atoms with Crippen LogP contribution in [0.5, 0.6) is 0 Å². The monoisotopic (exact) mass is 532 g/mol. The number of ether oxygens (including phenoxy) is 2. The summed E-state index contributed by atoms with van der Waals surface area (Å²) in [5.74, 6) is -1.00. The van der Waals surface area contributed by atoms with Crippen molar-refractivity contribution >= 4 is 22.9 Å². The Kier molecular flexibility index (Phi) is 6.66. The highest BCUT2D eigenvalue weighted by Crippen LogP contribution is 2.35. The molecule has 39 heavy (non-hydrogen) atoms. The number of aromatic nitrogens is 3. The number of amides is 1. The number of hydrogen-bond donors (Lipinski definition) is 2. The molecule has 10 heteroatoms. The Hall–Kier alpha value is -4.02. The van der Waals surface area contributed by atoms with E-state index in [4.69, 9.17) is 9.47 Å². The first kappa shape index (κ1) is 25.3. The highest BCUT2D eigenvalue weighted by Gasteiger charge is 2.28. The lowest BCUT2D eigenvalue weighted by atomic mass is 10.0. The zero-order valence-electron chi connectivity index (χ0n) is 21.5. The zero-order valence-corrected chi connectivity index (χ0v) is 21.5. The van der Waals surface area contributed by atoms with Gasteiger partial charge in [0.2, 0.25) is 0 Å². The quantitative estimate of drug-likeness (QED) is 0.374. The number of nitrogens with zero attached hydrogens (tertiary/aromatic N) is 3. The van der Waals surface area contributed by atoms with E-state index in [2.05, 4.69) is 10.4 Å². The molecule has 1 saturated carbocycles. The van der Waals surface area contributed by atoms with Crippen molar-refractivity contribution in [3.8, 4) is 11.1 Å². The van der Waals surface area contributed by atoms with Crippen molar-refractivity contribution < 1.29 is 23.8 Å². The fraction of sp³-hybridized carbons (Fsp3) is 0.345. The van der Waals surface area contributed by atoms with Crippen LogP contribution in [0.15, 0.2) is 53.7 Å². The van der Waals surface area contributed by atoms with Gasteiger partial charge < -0.3 is 24.3 Å². The Balaban J connectivity index is 1.37. The topological polar surface area (TPSA) is 107 Å². The summed E-state index contributed by atoms with van der Waals surface area (Å²) in [5.41, 5.74) is 1.67. The van der Waals surface area contributed by atoms with Crippen LogP contribution in [0.25, 0.3) is 22.4 Å². The van der Waals surface area contributed by atoms with Crippen molar-refractivity contribution in [2.45, 2.75) is 45.0 Å². The van der Waals surface area contributed by atoms with Crippen LogP contribution < -0.4 is 16.1 Å². The van der Waals surface area contributed by atoms with Crippen molar-refractivity contribution in [2.24, 2.45) is 13.0 Å². The van der Waals surface area contributed by atoms with Gasteiger partial charge in [0.1, 0.15) is 5.76 Å². The molecule has 9 nitrogen and oxygen atoms in total. The van der Waals surface area contributed by atoms with E-state index in [0.29, 0.717) is 28.6 Å². The van der Waals surface area contributed by atoms with Gasteiger partial charge in [0.25, 0.3) is 5.91 Å². The number of carbonyl (C=O) groups excluding carboxylic acids is 1. The van der Waals surface area contributed by atoms with E-state index in [1.165, 1.54) is 18.3 Å². The molecule has 1 unspecified atom stereocenters. The summed E-state index contributed by atoms with van der Waals surface area (Å²) >= 11 is 0. The third-order valence-corrected chi connectivity index (χ3v) is 7.18. The van der Waals surface area contributed by atoms with E-state index in [1.54, 1.807) is 46.7 Å². The fourth-order valence-corrected chi connectivity index (χ4v) is 4.97. The Bertz CT molecular complexity index is 1670. The molecule has 2 fully saturated rings. The van der Waals surface area contributed by atoms with Gasteiger partial charge in [0.15, 0.2) is 17.5 Å². The molecule has 4 heterocycles. The summed E-state index contributed by atoms with van der Waals surface area (Å²) in [6.45, 7) is 0.812. The standard InChI is InChI=1S/C29H29FN4O5/c1-33-15-19(14-31-33)21-10-17(16-39-26-4-2-3-9-38-26)11-23(27(21)30)32-29(37)22-13-25(28(36)18-5-6-18)34-8-7-20(35)12-24(22)34/h7-8,10-15,18,26,36H,2-6,9,16H2,1H3,(H,32,37). The number of fused-ring (bicyclic) bond motifs is 1. The molecule has 3 aromatic heterocycles. The number of aryl methyl sites for hydroxylation is 1. The number of benzene rings is 1. The van der Waals surface area contributed by atoms with E-state index in [1.807, 2.05) is 0 Å². The molecule has 1 aromatic carbocycles. The number of aliphatic hydroxyl groups is 1. The van der Waals surface area contributed by atoms with E-state index in [9.17, 15) is 14.7 Å². The average Bonchev–Trinajstić information content (AvgIpc) is 3.59. The zero-order chi connectivity index (χ0) is 27.1. The van der Waals surface area contributed by atoms with Gasteiger partial charge >= 0.3 is 0 Å². The summed E-state index contributed by atoms with van der Waals surface area (Å²) in [6, 6.07) is 7.48. The van der Waals surface area contributed by atoms with Crippen LogP contribution in [0.3, 0.4) is 0 Å². The van der Waals surface area contributed by atoms with Crippen LogP contribution in [0.4, 0.5) is 10.1 Å². The van der Waals surface area contributed by atoms with Crippen molar-refractivity contribution in [1.29, 1.82) is 0 Å². The number of aliphatic hydroxyl groups excluding tert-OH is 1. The van der Waals surface area contributed by atoms with Gasteiger partial charge in [-0.2, -0.15) is 5.10 Å². The van der Waals surface area contributed by atoms with E-state index in [-0.39, 0.29) is 46.8 Å². The molecule has 6 rings (SSSR count). The van der Waals surface area contributed by atoms with Gasteiger partial charge in [0.05, 0.1) is 34.9 Å². The van der Waals surface area contributed by atoms with Crippen LogP contribution in [0, 0.1) is 11.7 Å². The van der Waals surface area contributed by atoms with Crippen molar-refractivity contribution in [3.05, 3.63) is 81.4 Å². The van der Waals surface area contributed by atoms with Crippen molar-refractivity contribution in [2.75, 3.05) is 11.9 Å². The maximum atomic E-state index is 15.8. The SMILES string of the molecule is Cn1cc(-c2cc(COC3CCCCO3)cc(NC(=O)c3cc(=C(O)C4CC4)n4ccc(=O)cc34)c2F)cn1. The fourth-order valence-electron chi connectivity index (χ4n) is 4.97. The number of hydrogen-bond acceptors (Lipinski definition) is 6. The van der Waals surface area contributed by atoms with Crippen LogP contribution >= 0.6 is 0 Å². The number of nitrogens with one attached hydrogen (secondary N) is 1. The molecule has 1 amide bonds. The van der Waals surface area contributed by atoms with E-state index < -0.39 is 11.7 Å². The number of anilines is 1. The summed E-state index contributed by atoms with van der Waals surface area (Å²) in [4.78, 5) is 25.7. The molecular formula is C29H29FN4O5. The first-order chi connectivity index (χ1) is 18.9. The van der Waals surface area contributed by atoms with Crippen LogP contribution in [0.2, 0.25) is 0 Å². The minimum Gasteiger partial charge on any atom is -0.510 e. The third-order valence-electron chi connectivity index (χ3n) is 7.18. The van der Waals surface area contributed by atoms with Gasteiger partial charge in [-0.25, -0.2) is 4.39 Å². The maximum absolute atomic E-state index is 15.8. The molecule has 4 aromatic rings. The summed E-state index contributed by atoms with van der Waals surface area (Å²) < 4.78 is 30.6. The molecule has 1 aliphatic heterocycles. The van der Waals surface area contributed by atoms with Gasteiger partial charge in [-0.15, -0.1) is 0 Å². The van der Waals surface area contributed by atoms with E-state index in [0.717, 1.165) is 32.1 Å². The molecule has 1 atom stereocenters. The van der Waals surface area contributed by atoms with Gasteiger partial charge in [0, 0.05) is 55.2 Å². The lowest BCUT2D eigenvalue weighted by molar-refractivity contribution is -0.168.